The molecule has 0 saturated heterocycles. The number of ether oxygens (including phenoxy) is 2. The first-order chi connectivity index (χ1) is 22.5. The number of nitrogen functional groups attached to an aromatic ring is 1. The average molecular weight is 723 g/mol. The summed E-state index contributed by atoms with van der Waals surface area (Å²) in [6.07, 6.45) is 0. The Labute approximate surface area is 276 Å². The second kappa shape index (κ2) is 14.3. The number of benzene rings is 4. The average Bonchev–Trinajstić information content (AvgIpc) is 3.02. The van der Waals surface area contributed by atoms with E-state index < -0.39 is 69.1 Å². The minimum Gasteiger partial charge on any atom is -0.771 e. The molecule has 4 aromatic rings. The van der Waals surface area contributed by atoms with Gasteiger partial charge in [-0.15, -0.1) is 15.3 Å². The van der Waals surface area contributed by atoms with E-state index in [1.165, 1.54) is 20.3 Å². The van der Waals surface area contributed by atoms with E-state index in [-0.39, 0.29) is 27.8 Å². The maximum atomic E-state index is 12.7. The minimum absolute atomic E-state index is 0.0287. The lowest BCUT2D eigenvalue weighted by Crippen LogP contribution is -2.30. The lowest BCUT2D eigenvalue weighted by atomic mass is 10.0. The van der Waals surface area contributed by atoms with Crippen molar-refractivity contribution in [1.29, 1.82) is 0 Å². The lowest BCUT2D eigenvalue weighted by Gasteiger charge is -2.18. The molecule has 4 aromatic carbocycles. The molecule has 0 amide bonds. The molecule has 0 bridgehead atoms. The zero-order valence-corrected chi connectivity index (χ0v) is 28.0. The summed E-state index contributed by atoms with van der Waals surface area (Å²) >= 11 is -3.16. The zero-order valence-electron chi connectivity index (χ0n) is 25.5. The number of phenols is 1. The Bertz CT molecular complexity index is 2190. The molecule has 0 aromatic heterocycles. The molecule has 0 aliphatic rings. The SMILES string of the molecule is COc1cc(N=Nc2c(C)cc3cc(S(=O)(=O)O)c(N=Nc4ccc(S(=O)(=O)C(COO)S(=O)[O-])cc4)c(N)c3c2O)c(OC)cc1C. The van der Waals surface area contributed by atoms with Crippen LogP contribution in [0.1, 0.15) is 11.1 Å². The molecule has 0 aliphatic carbocycles. The summed E-state index contributed by atoms with van der Waals surface area (Å²) in [5.74, 6) is 0.395. The van der Waals surface area contributed by atoms with Crippen LogP contribution in [0.2, 0.25) is 0 Å². The lowest BCUT2D eigenvalue weighted by molar-refractivity contribution is -0.238. The molecule has 0 aliphatic heterocycles. The predicted molar refractivity (Wildman–Crippen MR) is 172 cm³/mol. The molecule has 48 heavy (non-hydrogen) atoms. The van der Waals surface area contributed by atoms with E-state index in [1.807, 2.05) is 6.92 Å². The summed E-state index contributed by atoms with van der Waals surface area (Å²) in [4.78, 5) is 2.51. The van der Waals surface area contributed by atoms with E-state index in [0.717, 1.165) is 35.9 Å². The van der Waals surface area contributed by atoms with Crippen LogP contribution in [0.5, 0.6) is 17.2 Å². The number of hydrogen-bond acceptors (Lipinski definition) is 16. The fourth-order valence-corrected chi connectivity index (χ4v) is 7.65. The first-order valence-electron chi connectivity index (χ1n) is 13.4. The highest BCUT2D eigenvalue weighted by molar-refractivity contribution is 8.04. The Morgan fingerprint density at radius 1 is 0.896 bits per heavy atom. The van der Waals surface area contributed by atoms with Crippen molar-refractivity contribution in [2.75, 3.05) is 26.6 Å². The minimum atomic E-state index is -4.95. The van der Waals surface area contributed by atoms with Gasteiger partial charge in [0, 0.05) is 6.07 Å². The molecule has 0 spiro atoms. The maximum absolute atomic E-state index is 12.7. The number of fused-ring (bicyclic) bond motifs is 1. The second-order valence-corrected chi connectivity index (χ2v) is 14.9. The first kappa shape index (κ1) is 36.3. The van der Waals surface area contributed by atoms with Crippen molar-refractivity contribution >= 4 is 70.2 Å². The highest BCUT2D eigenvalue weighted by Gasteiger charge is 2.29. The zero-order chi connectivity index (χ0) is 35.6. The van der Waals surface area contributed by atoms with Gasteiger partial charge in [-0.2, -0.15) is 13.5 Å². The van der Waals surface area contributed by atoms with Crippen LogP contribution in [0, 0.1) is 13.8 Å². The Balaban J connectivity index is 1.82. The van der Waals surface area contributed by atoms with Gasteiger partial charge < -0.3 is 24.9 Å². The number of hydrogen-bond donors (Lipinski definition) is 4. The number of sulfone groups is 1. The highest BCUT2D eigenvalue weighted by atomic mass is 32.3. The van der Waals surface area contributed by atoms with Crippen LogP contribution in [0.25, 0.3) is 10.8 Å². The van der Waals surface area contributed by atoms with Crippen LogP contribution in [0.3, 0.4) is 0 Å². The van der Waals surface area contributed by atoms with Gasteiger partial charge in [0.1, 0.15) is 40.1 Å². The van der Waals surface area contributed by atoms with Gasteiger partial charge in [-0.1, -0.05) is 0 Å². The molecule has 17 nitrogen and oxygen atoms in total. The quantitative estimate of drug-likeness (QED) is 0.0361. The number of nitrogens with zero attached hydrogens (tertiary/aromatic N) is 4. The predicted octanol–water partition coefficient (Wildman–Crippen LogP) is 5.31. The fourth-order valence-electron chi connectivity index (χ4n) is 4.59. The van der Waals surface area contributed by atoms with E-state index >= 15 is 0 Å². The largest absolute Gasteiger partial charge is 0.771 e. The first-order valence-corrected chi connectivity index (χ1v) is 17.5. The van der Waals surface area contributed by atoms with Gasteiger partial charge in [0.2, 0.25) is 0 Å². The van der Waals surface area contributed by atoms with Crippen LogP contribution >= 0.6 is 0 Å². The van der Waals surface area contributed by atoms with E-state index in [9.17, 15) is 35.3 Å². The van der Waals surface area contributed by atoms with E-state index in [4.69, 9.17) is 20.5 Å². The van der Waals surface area contributed by atoms with Crippen molar-refractivity contribution in [2.24, 2.45) is 20.5 Å². The van der Waals surface area contributed by atoms with Crippen LogP contribution in [-0.2, 0) is 35.9 Å². The number of rotatable bonds is 12. The van der Waals surface area contributed by atoms with Crippen LogP contribution in [0.4, 0.5) is 28.4 Å². The van der Waals surface area contributed by atoms with Gasteiger partial charge in [0.15, 0.2) is 20.2 Å². The summed E-state index contributed by atoms with van der Waals surface area (Å²) in [5.41, 5.74) is 6.69. The van der Waals surface area contributed by atoms with Crippen LogP contribution in [-0.4, -0.2) is 65.9 Å². The third kappa shape index (κ3) is 7.28. The van der Waals surface area contributed by atoms with Gasteiger partial charge in [-0.05, 0) is 83.9 Å². The smallest absolute Gasteiger partial charge is 0.296 e. The molecule has 4 rings (SSSR count). The Hall–Kier alpha value is -4.57. The van der Waals surface area contributed by atoms with Crippen LogP contribution < -0.4 is 15.2 Å². The standard InChI is InChI=1S/C28H29N5O12S3/c1-14-10-21(44-4)19(12-20(14)43-3)31-32-26-15(2)9-16-11-22(48(40,41)42)27(25(29)24(16)28(26)34)33-30-17-5-7-18(8-6-17)47(38,39)23(13-45-35)46(36)37/h5-12,23,34-35H,13,29H2,1-4H3,(H,36,37)(H,40,41,42)/p-1. The number of methoxy groups -OCH3 is 2. The van der Waals surface area contributed by atoms with E-state index in [1.54, 1.807) is 19.1 Å². The second-order valence-electron chi connectivity index (χ2n) is 10.0. The molecule has 0 saturated carbocycles. The summed E-state index contributed by atoms with van der Waals surface area (Å²) in [6.45, 7) is 2.35. The summed E-state index contributed by atoms with van der Waals surface area (Å²) < 4.78 is 91.4. The molecule has 0 fully saturated rings. The number of azo groups is 2. The molecule has 0 radical (unpaired) electrons. The van der Waals surface area contributed by atoms with Gasteiger partial charge >= 0.3 is 0 Å². The van der Waals surface area contributed by atoms with E-state index in [0.29, 0.717) is 17.1 Å². The van der Waals surface area contributed by atoms with Gasteiger partial charge in [-0.25, -0.2) is 13.3 Å². The molecular formula is C28H28N5O12S3-. The van der Waals surface area contributed by atoms with Crippen molar-refractivity contribution in [3.8, 4) is 17.2 Å². The topological polar surface area (TPSA) is 272 Å². The van der Waals surface area contributed by atoms with Gasteiger partial charge in [0.25, 0.3) is 10.1 Å². The Morgan fingerprint density at radius 3 is 2.08 bits per heavy atom. The third-order valence-electron chi connectivity index (χ3n) is 6.97. The summed E-state index contributed by atoms with van der Waals surface area (Å²) in [5, 5.41) is 36.1. The van der Waals surface area contributed by atoms with Crippen molar-refractivity contribution in [2.45, 2.75) is 28.2 Å². The van der Waals surface area contributed by atoms with Crippen molar-refractivity contribution in [3.05, 3.63) is 59.7 Å². The monoisotopic (exact) mass is 722 g/mol. The molecule has 20 heteroatoms. The van der Waals surface area contributed by atoms with E-state index in [2.05, 4.69) is 25.3 Å². The summed E-state index contributed by atoms with van der Waals surface area (Å²) in [6, 6.07) is 10.0. The highest BCUT2D eigenvalue weighted by Crippen LogP contribution is 2.47. The third-order valence-corrected chi connectivity index (χ3v) is 11.4. The molecule has 5 N–H and O–H groups in total. The Morgan fingerprint density at radius 2 is 1.52 bits per heavy atom. The van der Waals surface area contributed by atoms with Crippen LogP contribution in [0.15, 0.2) is 78.8 Å². The maximum Gasteiger partial charge on any atom is 0.296 e. The molecule has 0 heterocycles. The molecule has 256 valence electrons. The Kier molecular flexibility index (Phi) is 10.8. The number of anilines is 1. The molecule has 2 unspecified atom stereocenters. The normalized spacial score (nSPS) is 13.7. The van der Waals surface area contributed by atoms with Gasteiger partial charge in [-0.3, -0.25) is 14.0 Å². The van der Waals surface area contributed by atoms with Gasteiger partial charge in [0.05, 0.1) is 35.9 Å². The number of aryl methyl sites for hydroxylation is 2. The summed E-state index contributed by atoms with van der Waals surface area (Å²) in [7, 11) is -6.53. The van der Waals surface area contributed by atoms with Crippen molar-refractivity contribution in [1.82, 2.24) is 0 Å². The number of nitrogens with two attached hydrogens (primary N) is 1. The van der Waals surface area contributed by atoms with Crippen molar-refractivity contribution in [3.63, 3.8) is 0 Å². The fraction of sp³-hybridized carbons (Fsp3) is 0.214. The number of aromatic hydroxyl groups is 1. The molecular weight excluding hydrogens is 695 g/mol. The molecule has 2 atom stereocenters. The number of phenolic OH excluding ortho intramolecular Hbond substituents is 1. The van der Waals surface area contributed by atoms with Crippen molar-refractivity contribution < 1.29 is 54.9 Å².